The largest absolute Gasteiger partial charge is 0.438 e. The number of esters is 1. The lowest BCUT2D eigenvalue weighted by Gasteiger charge is -2.09. The molecule has 166 valence electrons. The van der Waals surface area contributed by atoms with Gasteiger partial charge in [-0.3, -0.25) is 4.79 Å². The average Bonchev–Trinajstić information content (AvgIpc) is 3.26. The van der Waals surface area contributed by atoms with E-state index in [1.54, 1.807) is 6.92 Å². The van der Waals surface area contributed by atoms with Crippen LogP contribution in [-0.4, -0.2) is 39.3 Å². The quantitative estimate of drug-likeness (QED) is 0.233. The highest BCUT2D eigenvalue weighted by Gasteiger charge is 2.13. The van der Waals surface area contributed by atoms with Gasteiger partial charge in [0.05, 0.1) is 12.1 Å². The number of nitrogens with zero attached hydrogens (tertiary/aromatic N) is 3. The smallest absolute Gasteiger partial charge is 0.312 e. The van der Waals surface area contributed by atoms with E-state index < -0.39 is 17.6 Å². The molecule has 8 nitrogen and oxygen atoms in total. The normalized spacial score (nSPS) is 11.1. The van der Waals surface area contributed by atoms with Crippen LogP contribution in [0.25, 0.3) is 17.0 Å². The maximum absolute atomic E-state index is 13.1. The third kappa shape index (κ3) is 5.04. The van der Waals surface area contributed by atoms with Crippen molar-refractivity contribution in [3.63, 3.8) is 0 Å². The topological polar surface area (TPSA) is 93.5 Å². The molecular formula is C21H18ClF2N5O3. The molecule has 0 saturated heterocycles. The molecule has 0 unspecified atom stereocenters. The van der Waals surface area contributed by atoms with E-state index in [-0.39, 0.29) is 25.5 Å². The molecule has 4 aromatic rings. The molecule has 0 aliphatic rings. The summed E-state index contributed by atoms with van der Waals surface area (Å²) in [4.78, 5) is 14.9. The van der Waals surface area contributed by atoms with Crippen molar-refractivity contribution in [2.75, 3.05) is 18.8 Å². The van der Waals surface area contributed by atoms with Gasteiger partial charge in [0, 0.05) is 17.3 Å². The summed E-state index contributed by atoms with van der Waals surface area (Å²) in [5.74, 6) is -1.53. The van der Waals surface area contributed by atoms with E-state index in [4.69, 9.17) is 21.1 Å². The van der Waals surface area contributed by atoms with Crippen molar-refractivity contribution < 1.29 is 23.0 Å². The fraction of sp³-hybridized carbons (Fsp3) is 0.190. The van der Waals surface area contributed by atoms with E-state index in [0.717, 1.165) is 29.4 Å². The summed E-state index contributed by atoms with van der Waals surface area (Å²) >= 11 is 6.18. The minimum Gasteiger partial charge on any atom is -0.438 e. The van der Waals surface area contributed by atoms with Gasteiger partial charge in [-0.2, -0.15) is 5.10 Å². The molecule has 4 rings (SSSR count). The molecule has 32 heavy (non-hydrogen) atoms. The highest BCUT2D eigenvalue weighted by Crippen LogP contribution is 2.24. The molecule has 0 radical (unpaired) electrons. The van der Waals surface area contributed by atoms with E-state index in [0.29, 0.717) is 22.2 Å². The Labute approximate surface area is 186 Å². The third-order valence-electron chi connectivity index (χ3n) is 4.51. The monoisotopic (exact) mass is 461 g/mol. The molecule has 2 N–H and O–H groups in total. The highest BCUT2D eigenvalue weighted by molar-refractivity contribution is 6.34. The summed E-state index contributed by atoms with van der Waals surface area (Å²) in [6.45, 7) is 1.60. The molecule has 11 heteroatoms. The van der Waals surface area contributed by atoms with E-state index in [2.05, 4.69) is 20.5 Å². The van der Waals surface area contributed by atoms with Gasteiger partial charge in [0.25, 0.3) is 0 Å². The number of benzene rings is 2. The Bertz CT molecular complexity index is 1240. The van der Waals surface area contributed by atoms with Gasteiger partial charge in [0.2, 0.25) is 0 Å². The Balaban J connectivity index is 1.22. The van der Waals surface area contributed by atoms with Crippen LogP contribution in [0.4, 0.5) is 14.5 Å². The van der Waals surface area contributed by atoms with Crippen molar-refractivity contribution in [1.29, 1.82) is 0 Å². The van der Waals surface area contributed by atoms with Crippen LogP contribution in [0.3, 0.4) is 0 Å². The minimum absolute atomic E-state index is 0.0880. The molecule has 0 fully saturated rings. The molecule has 0 bridgehead atoms. The van der Waals surface area contributed by atoms with E-state index in [1.165, 1.54) is 4.63 Å². The van der Waals surface area contributed by atoms with Crippen LogP contribution < -0.4 is 5.32 Å². The second-order valence-corrected chi connectivity index (χ2v) is 7.28. The van der Waals surface area contributed by atoms with Gasteiger partial charge in [-0.1, -0.05) is 11.6 Å². The Morgan fingerprint density at radius 2 is 1.88 bits per heavy atom. The zero-order valence-electron chi connectivity index (χ0n) is 16.9. The van der Waals surface area contributed by atoms with Gasteiger partial charge in [-0.25, -0.2) is 8.78 Å². The van der Waals surface area contributed by atoms with E-state index >= 15 is 0 Å². The zero-order chi connectivity index (χ0) is 22.7. The fourth-order valence-electron chi connectivity index (χ4n) is 2.99. The first-order chi connectivity index (χ1) is 15.4. The maximum Gasteiger partial charge on any atom is 0.312 e. The number of hydrogen-bond donors (Lipinski definition) is 2. The lowest BCUT2D eigenvalue weighted by atomic mass is 10.1. The van der Waals surface area contributed by atoms with Crippen molar-refractivity contribution in [2.45, 2.75) is 13.3 Å². The van der Waals surface area contributed by atoms with Gasteiger partial charge in [-0.05, 0) is 48.9 Å². The Morgan fingerprint density at radius 3 is 2.56 bits per heavy atom. The summed E-state index contributed by atoms with van der Waals surface area (Å²) in [6.07, 6.45) is -0.255. The van der Waals surface area contributed by atoms with Crippen LogP contribution >= 0.6 is 11.6 Å². The molecule has 2 aromatic heterocycles. The van der Waals surface area contributed by atoms with Crippen molar-refractivity contribution in [3.05, 3.63) is 70.4 Å². The number of anilines is 1. The first-order valence-electron chi connectivity index (χ1n) is 9.53. The maximum atomic E-state index is 13.1. The Morgan fingerprint density at radius 1 is 1.16 bits per heavy atom. The van der Waals surface area contributed by atoms with Crippen LogP contribution in [0.1, 0.15) is 11.3 Å². The average molecular weight is 462 g/mol. The van der Waals surface area contributed by atoms with Gasteiger partial charge >= 0.3 is 5.97 Å². The van der Waals surface area contributed by atoms with Gasteiger partial charge < -0.3 is 19.8 Å². The van der Waals surface area contributed by atoms with Crippen molar-refractivity contribution in [1.82, 2.24) is 19.8 Å². The first kappa shape index (κ1) is 21.7. The van der Waals surface area contributed by atoms with Gasteiger partial charge in [-0.15, -0.1) is 9.73 Å². The molecule has 0 aliphatic heterocycles. The number of aromatic nitrogens is 4. The molecular weight excluding hydrogens is 444 g/mol. The minimum atomic E-state index is -0.750. The van der Waals surface area contributed by atoms with Crippen LogP contribution in [-0.2, 0) is 20.7 Å². The standard InChI is InChI=1S/C21H18ClF2N5O3/c1-12-19(22)21-26-20(28-29(21)27-12)14-2-4-17(5-3-14)25-10-31-11-32-18(30)8-13-6-15(23)9-16(24)7-13/h2-7,9,25H,8,10-11H2,1H3,(H,26,28). The third-order valence-corrected chi connectivity index (χ3v) is 4.97. The SMILES string of the molecule is Cc1nn2nc(-c3ccc(NCOCOC(=O)Cc4cc(F)cc(F)c4)cc3)[nH]c2c1Cl. The lowest BCUT2D eigenvalue weighted by molar-refractivity contribution is -0.154. The Kier molecular flexibility index (Phi) is 6.33. The number of fused-ring (bicyclic) bond motifs is 1. The van der Waals surface area contributed by atoms with E-state index in [9.17, 15) is 13.6 Å². The summed E-state index contributed by atoms with van der Waals surface area (Å²) in [5.41, 5.74) is 3.14. The summed E-state index contributed by atoms with van der Waals surface area (Å²) in [7, 11) is 0. The number of nitrogens with one attached hydrogen (secondary N) is 2. The molecule has 0 spiro atoms. The number of H-pyrrole nitrogens is 1. The van der Waals surface area contributed by atoms with E-state index in [1.807, 2.05) is 24.3 Å². The lowest BCUT2D eigenvalue weighted by Crippen LogP contribution is -2.14. The number of aryl methyl sites for hydroxylation is 1. The summed E-state index contributed by atoms with van der Waals surface area (Å²) < 4.78 is 37.9. The van der Waals surface area contributed by atoms with Crippen LogP contribution in [0.2, 0.25) is 5.02 Å². The van der Waals surface area contributed by atoms with Crippen LogP contribution in [0.5, 0.6) is 0 Å². The second-order valence-electron chi connectivity index (χ2n) is 6.90. The number of hydrogen-bond acceptors (Lipinski definition) is 6. The highest BCUT2D eigenvalue weighted by atomic mass is 35.5. The number of rotatable bonds is 8. The zero-order valence-corrected chi connectivity index (χ0v) is 17.6. The number of aromatic amines is 1. The second kappa shape index (κ2) is 9.33. The van der Waals surface area contributed by atoms with Gasteiger partial charge in [0.1, 0.15) is 23.4 Å². The number of ether oxygens (including phenoxy) is 2. The van der Waals surface area contributed by atoms with Crippen LogP contribution in [0, 0.1) is 18.6 Å². The summed E-state index contributed by atoms with van der Waals surface area (Å²) in [5, 5.41) is 12.1. The first-order valence-corrected chi connectivity index (χ1v) is 9.90. The fourth-order valence-corrected chi connectivity index (χ4v) is 3.15. The molecule has 0 amide bonds. The number of carbonyl (C=O) groups is 1. The summed E-state index contributed by atoms with van der Waals surface area (Å²) in [6, 6.07) is 10.3. The predicted octanol–water partition coefficient (Wildman–Crippen LogP) is 4.09. The molecule has 0 atom stereocenters. The van der Waals surface area contributed by atoms with Crippen molar-refractivity contribution in [2.24, 2.45) is 0 Å². The number of carbonyl (C=O) groups excluding carboxylic acids is 1. The molecule has 0 saturated carbocycles. The Hall–Kier alpha value is -3.50. The van der Waals surface area contributed by atoms with Crippen molar-refractivity contribution in [3.8, 4) is 11.4 Å². The molecule has 2 heterocycles. The molecule has 0 aliphatic carbocycles. The predicted molar refractivity (Wildman–Crippen MR) is 113 cm³/mol. The van der Waals surface area contributed by atoms with Crippen LogP contribution in [0.15, 0.2) is 42.5 Å². The van der Waals surface area contributed by atoms with Gasteiger partial charge in [0.15, 0.2) is 18.3 Å². The number of halogens is 3. The van der Waals surface area contributed by atoms with Crippen molar-refractivity contribution >= 4 is 28.9 Å². The molecule has 2 aromatic carbocycles.